The van der Waals surface area contributed by atoms with Gasteiger partial charge in [-0.3, -0.25) is 4.79 Å². The molecule has 130 valence electrons. The number of carbonyl (C=O) groups excluding carboxylic acids is 1. The highest BCUT2D eigenvalue weighted by molar-refractivity contribution is 6.06. The molecule has 0 aliphatic heterocycles. The van der Waals surface area contributed by atoms with Crippen LogP contribution in [0.1, 0.15) is 16.1 Å². The number of rotatable bonds is 3. The van der Waals surface area contributed by atoms with Crippen molar-refractivity contribution >= 4 is 22.6 Å². The summed E-state index contributed by atoms with van der Waals surface area (Å²) < 4.78 is 59.1. The topological polar surface area (TPSA) is 51.5 Å². The van der Waals surface area contributed by atoms with Crippen LogP contribution >= 0.6 is 0 Å². The van der Waals surface area contributed by atoms with E-state index in [4.69, 9.17) is 4.42 Å². The zero-order valence-electron chi connectivity index (χ0n) is 12.8. The molecule has 0 spiro atoms. The predicted octanol–water partition coefficient (Wildman–Crippen LogP) is 5.03. The Labute approximate surface area is 139 Å². The molecule has 4 nitrogen and oxygen atoms in total. The second-order valence-electron chi connectivity index (χ2n) is 5.20. The van der Waals surface area contributed by atoms with Crippen molar-refractivity contribution in [1.82, 2.24) is 0 Å². The first-order chi connectivity index (χ1) is 11.7. The molecule has 0 saturated heterocycles. The lowest BCUT2D eigenvalue weighted by atomic mass is 10.1. The summed E-state index contributed by atoms with van der Waals surface area (Å²) in [4.78, 5) is 12.3. The highest BCUT2D eigenvalue weighted by Gasteiger charge is 2.31. The summed E-state index contributed by atoms with van der Waals surface area (Å²) in [6.07, 6.45) is -4.79. The van der Waals surface area contributed by atoms with Crippen LogP contribution in [0.3, 0.4) is 0 Å². The second-order valence-corrected chi connectivity index (χ2v) is 5.20. The summed E-state index contributed by atoms with van der Waals surface area (Å²) in [5, 5.41) is 2.95. The second kappa shape index (κ2) is 6.12. The van der Waals surface area contributed by atoms with E-state index in [2.05, 4.69) is 10.1 Å². The minimum Gasteiger partial charge on any atom is -0.448 e. The number of para-hydroxylation sites is 1. The van der Waals surface area contributed by atoms with Crippen molar-refractivity contribution in [3.63, 3.8) is 0 Å². The Morgan fingerprint density at radius 2 is 1.80 bits per heavy atom. The van der Waals surface area contributed by atoms with Gasteiger partial charge in [0.2, 0.25) is 0 Å². The fraction of sp³-hybridized carbons (Fsp3) is 0.118. The number of amides is 1. The van der Waals surface area contributed by atoms with E-state index >= 15 is 0 Å². The van der Waals surface area contributed by atoms with Crippen molar-refractivity contribution in [2.24, 2.45) is 0 Å². The Morgan fingerprint density at radius 1 is 1.12 bits per heavy atom. The molecular formula is C17H11F4NO3. The lowest BCUT2D eigenvalue weighted by molar-refractivity contribution is -0.274. The first kappa shape index (κ1) is 16.8. The zero-order valence-corrected chi connectivity index (χ0v) is 12.8. The zero-order chi connectivity index (χ0) is 18.2. The Balaban J connectivity index is 1.81. The maximum atomic E-state index is 13.7. The van der Waals surface area contributed by atoms with E-state index in [9.17, 15) is 22.4 Å². The summed E-state index contributed by atoms with van der Waals surface area (Å²) in [6.45, 7) is 1.61. The summed E-state index contributed by atoms with van der Waals surface area (Å²) in [5.74, 6) is -1.71. The number of fused-ring (bicyclic) bond motifs is 1. The van der Waals surface area contributed by atoms with E-state index in [1.807, 2.05) is 0 Å². The number of aryl methyl sites for hydroxylation is 1. The van der Waals surface area contributed by atoms with Gasteiger partial charge in [-0.15, -0.1) is 13.2 Å². The SMILES string of the molecule is Cc1c(C(=O)Nc2ccc(OC(F)(F)F)cc2)oc2c(F)cccc12. The van der Waals surface area contributed by atoms with Gasteiger partial charge in [-0.1, -0.05) is 12.1 Å². The number of carbonyl (C=O) groups is 1. The van der Waals surface area contributed by atoms with Crippen LogP contribution in [0.2, 0.25) is 0 Å². The van der Waals surface area contributed by atoms with Gasteiger partial charge in [-0.2, -0.15) is 0 Å². The number of halogens is 4. The third-order valence-electron chi connectivity index (χ3n) is 3.47. The maximum Gasteiger partial charge on any atom is 0.573 e. The third-order valence-corrected chi connectivity index (χ3v) is 3.47. The Hall–Kier alpha value is -3.03. The molecule has 0 radical (unpaired) electrons. The summed E-state index contributed by atoms with van der Waals surface area (Å²) in [7, 11) is 0. The monoisotopic (exact) mass is 353 g/mol. The van der Waals surface area contributed by atoms with E-state index in [1.165, 1.54) is 24.3 Å². The molecule has 8 heteroatoms. The summed E-state index contributed by atoms with van der Waals surface area (Å²) in [6, 6.07) is 8.96. The quantitative estimate of drug-likeness (QED) is 0.672. The number of furan rings is 1. The van der Waals surface area contributed by atoms with Gasteiger partial charge in [0.15, 0.2) is 17.2 Å². The standard InChI is InChI=1S/C17H11F4NO3/c1-9-12-3-2-4-13(18)15(12)24-14(9)16(23)22-10-5-7-11(8-6-10)25-17(19,20)21/h2-8H,1H3,(H,22,23). The highest BCUT2D eigenvalue weighted by atomic mass is 19.4. The molecule has 3 rings (SSSR count). The number of ether oxygens (including phenoxy) is 1. The molecule has 0 fully saturated rings. The smallest absolute Gasteiger partial charge is 0.448 e. The fourth-order valence-electron chi connectivity index (χ4n) is 2.35. The van der Waals surface area contributed by atoms with E-state index in [1.54, 1.807) is 13.0 Å². The van der Waals surface area contributed by atoms with Crippen LogP contribution in [0.5, 0.6) is 5.75 Å². The molecule has 25 heavy (non-hydrogen) atoms. The molecule has 1 heterocycles. The molecule has 0 saturated carbocycles. The van der Waals surface area contributed by atoms with Crippen molar-refractivity contribution in [2.75, 3.05) is 5.32 Å². The van der Waals surface area contributed by atoms with Gasteiger partial charge in [-0.05, 0) is 37.3 Å². The number of hydrogen-bond donors (Lipinski definition) is 1. The van der Waals surface area contributed by atoms with Gasteiger partial charge in [-0.25, -0.2) is 4.39 Å². The molecule has 0 aliphatic rings. The van der Waals surface area contributed by atoms with E-state index in [-0.39, 0.29) is 17.0 Å². The van der Waals surface area contributed by atoms with Crippen molar-refractivity contribution in [3.05, 3.63) is 59.6 Å². The van der Waals surface area contributed by atoms with Crippen LogP contribution in [0.4, 0.5) is 23.2 Å². The number of alkyl halides is 3. The minimum absolute atomic E-state index is 0.0286. The summed E-state index contributed by atoms with van der Waals surface area (Å²) >= 11 is 0. The highest BCUT2D eigenvalue weighted by Crippen LogP contribution is 2.28. The first-order valence-corrected chi connectivity index (χ1v) is 7.09. The van der Waals surface area contributed by atoms with Crippen molar-refractivity contribution in [3.8, 4) is 5.75 Å². The molecule has 2 aromatic carbocycles. The Morgan fingerprint density at radius 3 is 2.40 bits per heavy atom. The van der Waals surface area contributed by atoms with Crippen LogP contribution in [0, 0.1) is 12.7 Å². The molecule has 0 bridgehead atoms. The lowest BCUT2D eigenvalue weighted by Crippen LogP contribution is -2.17. The van der Waals surface area contributed by atoms with E-state index in [0.717, 1.165) is 12.1 Å². The molecule has 0 aliphatic carbocycles. The fourth-order valence-corrected chi connectivity index (χ4v) is 2.35. The lowest BCUT2D eigenvalue weighted by Gasteiger charge is -2.09. The Kier molecular flexibility index (Phi) is 4.12. The van der Waals surface area contributed by atoms with Gasteiger partial charge < -0.3 is 14.5 Å². The van der Waals surface area contributed by atoms with Crippen molar-refractivity contribution in [2.45, 2.75) is 13.3 Å². The molecule has 3 aromatic rings. The summed E-state index contributed by atoms with van der Waals surface area (Å²) in [5.41, 5.74) is 0.669. The van der Waals surface area contributed by atoms with E-state index in [0.29, 0.717) is 10.9 Å². The molecule has 0 unspecified atom stereocenters. The van der Waals surface area contributed by atoms with Gasteiger partial charge in [0.25, 0.3) is 5.91 Å². The van der Waals surface area contributed by atoms with Crippen LogP contribution in [0.25, 0.3) is 11.0 Å². The molecule has 1 amide bonds. The van der Waals surface area contributed by atoms with Crippen LogP contribution in [-0.2, 0) is 0 Å². The van der Waals surface area contributed by atoms with Crippen LogP contribution < -0.4 is 10.1 Å². The van der Waals surface area contributed by atoms with Crippen molar-refractivity contribution < 1.29 is 31.5 Å². The molecule has 1 N–H and O–H groups in total. The predicted molar refractivity (Wildman–Crippen MR) is 82.0 cm³/mol. The minimum atomic E-state index is -4.79. The van der Waals surface area contributed by atoms with E-state index < -0.39 is 23.8 Å². The largest absolute Gasteiger partial charge is 0.573 e. The number of anilines is 1. The van der Waals surface area contributed by atoms with Crippen LogP contribution in [-0.4, -0.2) is 12.3 Å². The van der Waals surface area contributed by atoms with Gasteiger partial charge in [0, 0.05) is 16.6 Å². The number of nitrogens with one attached hydrogen (secondary N) is 1. The third kappa shape index (κ3) is 3.57. The van der Waals surface area contributed by atoms with Crippen LogP contribution in [0.15, 0.2) is 46.9 Å². The Bertz CT molecular complexity index is 929. The van der Waals surface area contributed by atoms with Crippen molar-refractivity contribution in [1.29, 1.82) is 0 Å². The molecule has 1 aromatic heterocycles. The average molecular weight is 353 g/mol. The van der Waals surface area contributed by atoms with Gasteiger partial charge in [0.05, 0.1) is 0 Å². The molecular weight excluding hydrogens is 342 g/mol. The average Bonchev–Trinajstić information content (AvgIpc) is 2.87. The van der Waals surface area contributed by atoms with Gasteiger partial charge in [0.1, 0.15) is 5.75 Å². The number of hydrogen-bond acceptors (Lipinski definition) is 3. The van der Waals surface area contributed by atoms with Gasteiger partial charge >= 0.3 is 6.36 Å². The molecule has 0 atom stereocenters. The maximum absolute atomic E-state index is 13.7. The normalized spacial score (nSPS) is 11.6. The number of benzene rings is 2. The first-order valence-electron chi connectivity index (χ1n) is 7.09.